The van der Waals surface area contributed by atoms with Gasteiger partial charge >= 0.3 is 0 Å². The van der Waals surface area contributed by atoms with Crippen LogP contribution in [0.15, 0.2) is 34.7 Å². The van der Waals surface area contributed by atoms with E-state index in [1.54, 1.807) is 0 Å². The van der Waals surface area contributed by atoms with Gasteiger partial charge in [0.15, 0.2) is 0 Å². The van der Waals surface area contributed by atoms with E-state index in [1.165, 1.54) is 48.1 Å². The van der Waals surface area contributed by atoms with Crippen LogP contribution in [0, 0.1) is 0 Å². The second-order valence-electron chi connectivity index (χ2n) is 5.72. The zero-order chi connectivity index (χ0) is 14.2. The lowest BCUT2D eigenvalue weighted by molar-refractivity contribution is 0.516. The van der Waals surface area contributed by atoms with E-state index in [1.807, 2.05) is 0 Å². The lowest BCUT2D eigenvalue weighted by Crippen LogP contribution is -2.14. The smallest absolute Gasteiger partial charge is 0.0165 e. The minimum Gasteiger partial charge on any atom is -0.313 e. The molecule has 1 fully saturated rings. The molecule has 1 aliphatic carbocycles. The summed E-state index contributed by atoms with van der Waals surface area (Å²) in [7, 11) is 0. The molecule has 0 aliphatic heterocycles. The molecular weight excluding hydrogens is 262 g/mol. The van der Waals surface area contributed by atoms with Crippen LogP contribution in [0.3, 0.4) is 0 Å². The van der Waals surface area contributed by atoms with Gasteiger partial charge in [-0.05, 0) is 44.0 Å². The van der Waals surface area contributed by atoms with Gasteiger partial charge in [0.2, 0.25) is 0 Å². The number of thioether (sulfide) groups is 1. The molecule has 0 heterocycles. The zero-order valence-electron chi connectivity index (χ0n) is 12.8. The molecule has 0 saturated heterocycles. The Labute approximate surface area is 128 Å². The van der Waals surface area contributed by atoms with Gasteiger partial charge in [0, 0.05) is 16.7 Å². The fraction of sp³-hybridized carbons (Fsp3) is 0.556. The van der Waals surface area contributed by atoms with Crippen LogP contribution in [0.5, 0.6) is 0 Å². The summed E-state index contributed by atoms with van der Waals surface area (Å²) in [5, 5.41) is 4.21. The number of hydrogen-bond donors (Lipinski definition) is 1. The predicted molar refractivity (Wildman–Crippen MR) is 91.4 cm³/mol. The average molecular weight is 289 g/mol. The predicted octanol–water partition coefficient (Wildman–Crippen LogP) is 5.12. The third-order valence-electron chi connectivity index (χ3n) is 3.80. The molecule has 1 nitrogen and oxygen atoms in total. The Balaban J connectivity index is 1.88. The third-order valence-corrected chi connectivity index (χ3v) is 5.15. The van der Waals surface area contributed by atoms with Gasteiger partial charge in [-0.3, -0.25) is 0 Å². The first-order chi connectivity index (χ1) is 9.78. The summed E-state index contributed by atoms with van der Waals surface area (Å²) < 4.78 is 0. The van der Waals surface area contributed by atoms with E-state index in [9.17, 15) is 0 Å². The van der Waals surface area contributed by atoms with E-state index in [4.69, 9.17) is 0 Å². The topological polar surface area (TPSA) is 12.0 Å². The summed E-state index contributed by atoms with van der Waals surface area (Å²) in [5.41, 5.74) is 2.70. The van der Waals surface area contributed by atoms with Crippen LogP contribution in [-0.2, 0) is 0 Å². The first kappa shape index (κ1) is 15.7. The van der Waals surface area contributed by atoms with E-state index in [0.29, 0.717) is 0 Å². The number of nitrogens with one attached hydrogen (secondary N) is 1. The summed E-state index contributed by atoms with van der Waals surface area (Å²) in [4.78, 5) is 1.43. The minimum absolute atomic E-state index is 0.848. The largest absolute Gasteiger partial charge is 0.313 e. The maximum atomic E-state index is 3.36. The lowest BCUT2D eigenvalue weighted by atomic mass is 10.0. The van der Waals surface area contributed by atoms with Crippen LogP contribution >= 0.6 is 11.8 Å². The van der Waals surface area contributed by atoms with Crippen molar-refractivity contribution in [1.82, 2.24) is 5.32 Å². The Bertz CT molecular complexity index is 416. The summed E-state index contributed by atoms with van der Waals surface area (Å²) in [5.74, 6) is 0. The van der Waals surface area contributed by atoms with Gasteiger partial charge in [-0.1, -0.05) is 50.0 Å². The quantitative estimate of drug-likeness (QED) is 0.779. The molecule has 2 rings (SSSR count). The summed E-state index contributed by atoms with van der Waals surface area (Å²) >= 11 is 2.07. The summed E-state index contributed by atoms with van der Waals surface area (Å²) in [6.45, 7) is 6.34. The Kier molecular flexibility index (Phi) is 6.68. The molecule has 1 saturated carbocycles. The second-order valence-corrected chi connectivity index (χ2v) is 7.09. The third kappa shape index (κ3) is 5.34. The maximum absolute atomic E-state index is 3.36. The van der Waals surface area contributed by atoms with Crippen molar-refractivity contribution in [3.8, 4) is 0 Å². The Hall–Kier alpha value is -0.730. The molecule has 0 unspecified atom stereocenters. The van der Waals surface area contributed by atoms with E-state index in [2.05, 4.69) is 61.3 Å². The Morgan fingerprint density at radius 2 is 1.90 bits per heavy atom. The van der Waals surface area contributed by atoms with Crippen molar-refractivity contribution in [3.63, 3.8) is 0 Å². The van der Waals surface area contributed by atoms with Crippen LogP contribution < -0.4 is 5.32 Å². The van der Waals surface area contributed by atoms with Crippen molar-refractivity contribution in [2.24, 2.45) is 0 Å². The highest BCUT2D eigenvalue weighted by molar-refractivity contribution is 8.00. The van der Waals surface area contributed by atoms with Crippen LogP contribution in [0.2, 0.25) is 0 Å². The molecule has 2 heteroatoms. The molecule has 0 bridgehead atoms. The van der Waals surface area contributed by atoms with E-state index in [-0.39, 0.29) is 0 Å². The number of likely N-dealkylation sites (N-methyl/N-ethyl adjacent to an activating group) is 1. The number of hydrogen-bond acceptors (Lipinski definition) is 2. The molecule has 0 aromatic heterocycles. The first-order valence-electron chi connectivity index (χ1n) is 7.92. The Morgan fingerprint density at radius 3 is 2.55 bits per heavy atom. The number of benzene rings is 1. The van der Waals surface area contributed by atoms with E-state index >= 15 is 0 Å². The molecule has 0 radical (unpaired) electrons. The van der Waals surface area contributed by atoms with Gasteiger partial charge < -0.3 is 5.32 Å². The standard InChI is InChI=1S/C18H27NS/c1-3-19-14-15(2)13-16-9-11-18(12-10-16)20-17-7-5-4-6-8-17/h9-13,17,19H,3-8,14H2,1-2H3. The van der Waals surface area contributed by atoms with Crippen molar-refractivity contribution in [2.45, 2.75) is 56.1 Å². The molecule has 110 valence electrons. The molecule has 1 N–H and O–H groups in total. The first-order valence-corrected chi connectivity index (χ1v) is 8.80. The fourth-order valence-corrected chi connectivity index (χ4v) is 3.92. The second kappa shape index (κ2) is 8.53. The molecule has 20 heavy (non-hydrogen) atoms. The van der Waals surface area contributed by atoms with E-state index in [0.717, 1.165) is 18.3 Å². The average Bonchev–Trinajstić information content (AvgIpc) is 2.48. The molecule has 1 aromatic carbocycles. The van der Waals surface area contributed by atoms with Crippen LogP contribution in [-0.4, -0.2) is 18.3 Å². The molecule has 0 atom stereocenters. The summed E-state index contributed by atoms with van der Waals surface area (Å²) in [6, 6.07) is 9.07. The SMILES string of the molecule is CCNCC(C)=Cc1ccc(SC2CCCCC2)cc1. The maximum Gasteiger partial charge on any atom is 0.0165 e. The normalized spacial score (nSPS) is 17.4. The van der Waals surface area contributed by atoms with Gasteiger partial charge in [-0.25, -0.2) is 0 Å². The molecule has 0 spiro atoms. The minimum atomic E-state index is 0.848. The van der Waals surface area contributed by atoms with Crippen molar-refractivity contribution in [2.75, 3.05) is 13.1 Å². The molecular formula is C18H27NS. The molecule has 1 aromatic rings. The van der Waals surface area contributed by atoms with Gasteiger partial charge in [-0.15, -0.1) is 11.8 Å². The highest BCUT2D eigenvalue weighted by Crippen LogP contribution is 2.33. The van der Waals surface area contributed by atoms with E-state index < -0.39 is 0 Å². The zero-order valence-corrected chi connectivity index (χ0v) is 13.6. The summed E-state index contributed by atoms with van der Waals surface area (Å²) in [6.07, 6.45) is 9.34. The lowest BCUT2D eigenvalue weighted by Gasteiger charge is -2.20. The molecule has 0 amide bonds. The van der Waals surface area contributed by atoms with Crippen LogP contribution in [0.25, 0.3) is 6.08 Å². The van der Waals surface area contributed by atoms with Crippen molar-refractivity contribution < 1.29 is 0 Å². The van der Waals surface area contributed by atoms with Gasteiger partial charge in [0.05, 0.1) is 0 Å². The fourth-order valence-electron chi connectivity index (χ4n) is 2.68. The van der Waals surface area contributed by atoms with Crippen LogP contribution in [0.4, 0.5) is 0 Å². The monoisotopic (exact) mass is 289 g/mol. The van der Waals surface area contributed by atoms with Gasteiger partial charge in [-0.2, -0.15) is 0 Å². The van der Waals surface area contributed by atoms with Gasteiger partial charge in [0.1, 0.15) is 0 Å². The van der Waals surface area contributed by atoms with Crippen molar-refractivity contribution in [1.29, 1.82) is 0 Å². The van der Waals surface area contributed by atoms with Gasteiger partial charge in [0.25, 0.3) is 0 Å². The molecule has 1 aliphatic rings. The highest BCUT2D eigenvalue weighted by Gasteiger charge is 2.14. The van der Waals surface area contributed by atoms with Crippen molar-refractivity contribution in [3.05, 3.63) is 35.4 Å². The van der Waals surface area contributed by atoms with Crippen molar-refractivity contribution >= 4 is 17.8 Å². The highest BCUT2D eigenvalue weighted by atomic mass is 32.2. The Morgan fingerprint density at radius 1 is 1.20 bits per heavy atom. The van der Waals surface area contributed by atoms with Crippen LogP contribution in [0.1, 0.15) is 51.5 Å². The number of rotatable bonds is 6.